The average Bonchev–Trinajstić information content (AvgIpc) is 3.67. The Kier molecular flexibility index (Phi) is 6.15. The van der Waals surface area contributed by atoms with Crippen molar-refractivity contribution in [2.45, 2.75) is 19.3 Å². The molecule has 1 aliphatic carbocycles. The zero-order chi connectivity index (χ0) is 33.4. The van der Waals surface area contributed by atoms with Crippen LogP contribution in [-0.4, -0.2) is 19.9 Å². The quantitative estimate of drug-likeness (QED) is 0.191. The smallest absolute Gasteiger partial charge is 0.161 e. The molecule has 0 radical (unpaired) electrons. The molecule has 0 aliphatic heterocycles. The summed E-state index contributed by atoms with van der Waals surface area (Å²) in [6, 6.07) is 49.9. The summed E-state index contributed by atoms with van der Waals surface area (Å²) in [4.78, 5) is 20.9. The molecule has 5 nitrogen and oxygen atoms in total. The molecule has 0 unspecified atom stereocenters. The summed E-state index contributed by atoms with van der Waals surface area (Å²) in [6.45, 7) is 4.51. The highest BCUT2D eigenvalue weighted by atomic mass is 16.3. The fourth-order valence-corrected chi connectivity index (χ4v) is 7.69. The monoisotopic (exact) mass is 642 g/mol. The van der Waals surface area contributed by atoms with Gasteiger partial charge in [-0.15, -0.1) is 0 Å². The average molecular weight is 643 g/mol. The third-order valence-electron chi connectivity index (χ3n) is 10.1. The van der Waals surface area contributed by atoms with E-state index in [0.29, 0.717) is 11.6 Å². The first kappa shape index (κ1) is 28.5. The van der Waals surface area contributed by atoms with Gasteiger partial charge in [-0.2, -0.15) is 0 Å². The lowest BCUT2D eigenvalue weighted by Crippen LogP contribution is -2.17. The van der Waals surface area contributed by atoms with Crippen molar-refractivity contribution in [1.29, 1.82) is 0 Å². The predicted octanol–water partition coefficient (Wildman–Crippen LogP) is 11.3. The molecular formula is C45H30N4O. The molecule has 0 atom stereocenters. The number of para-hydroxylation sites is 2. The number of rotatable bonds is 4. The minimum atomic E-state index is -0.300. The Morgan fingerprint density at radius 3 is 1.96 bits per heavy atom. The Balaban J connectivity index is 1.25. The summed E-state index contributed by atoms with van der Waals surface area (Å²) in [5.41, 5.74) is 12.3. The first-order valence-corrected chi connectivity index (χ1v) is 16.9. The minimum absolute atomic E-state index is 0.300. The molecule has 3 heterocycles. The topological polar surface area (TPSA) is 64.7 Å². The molecule has 0 N–H and O–H groups in total. The maximum absolute atomic E-state index is 6.83. The SMILES string of the molecule is CC1(C)c2ccccc2-c2c(-c3cccc4c3oc3cccc(-c5nc(-c6ccccc6)c6ccccc6n5)c34)nc(-c3ccccc3)nc21. The fourth-order valence-electron chi connectivity index (χ4n) is 7.69. The largest absolute Gasteiger partial charge is 0.455 e. The first-order chi connectivity index (χ1) is 24.6. The van der Waals surface area contributed by atoms with Crippen LogP contribution in [0.25, 0.3) is 89.3 Å². The van der Waals surface area contributed by atoms with Crippen molar-refractivity contribution in [3.63, 3.8) is 0 Å². The molecule has 0 saturated carbocycles. The standard InChI is InChI=1S/C45H30N4O/c1-45(2)34-24-11-9-19-29(34)38-40(48-43(49-42(38)45)28-17-7-4-8-18-28)33-23-13-21-31-37-32(22-14-26-36(37)50-41(31)33)44-46-35-25-12-10-20-30(35)39(47-44)27-15-5-3-6-16-27/h3-26H,1-2H3. The molecular weight excluding hydrogens is 613 g/mol. The number of nitrogens with zero attached hydrogens (tertiary/aromatic N) is 4. The lowest BCUT2D eigenvalue weighted by atomic mass is 9.85. The van der Waals surface area contributed by atoms with E-state index < -0.39 is 0 Å². The van der Waals surface area contributed by atoms with Crippen molar-refractivity contribution in [2.24, 2.45) is 0 Å². The first-order valence-electron chi connectivity index (χ1n) is 16.9. The van der Waals surface area contributed by atoms with Crippen molar-refractivity contribution in [3.8, 4) is 56.4 Å². The van der Waals surface area contributed by atoms with Crippen LogP contribution < -0.4 is 0 Å². The van der Waals surface area contributed by atoms with Gasteiger partial charge < -0.3 is 4.42 Å². The molecule has 6 aromatic carbocycles. The van der Waals surface area contributed by atoms with Crippen LogP contribution in [0.5, 0.6) is 0 Å². The number of fused-ring (bicyclic) bond motifs is 7. The highest BCUT2D eigenvalue weighted by Gasteiger charge is 2.40. The van der Waals surface area contributed by atoms with Crippen LogP contribution in [0.3, 0.4) is 0 Å². The van der Waals surface area contributed by atoms with E-state index >= 15 is 0 Å². The molecule has 0 saturated heterocycles. The molecule has 9 aromatic rings. The highest BCUT2D eigenvalue weighted by molar-refractivity contribution is 6.16. The number of aromatic nitrogens is 4. The van der Waals surface area contributed by atoms with Gasteiger partial charge in [0.15, 0.2) is 11.6 Å². The Labute approximate surface area is 289 Å². The molecule has 50 heavy (non-hydrogen) atoms. The molecule has 3 aromatic heterocycles. The molecule has 1 aliphatic rings. The Hall–Kier alpha value is -6.46. The third-order valence-corrected chi connectivity index (χ3v) is 10.1. The van der Waals surface area contributed by atoms with Crippen molar-refractivity contribution in [1.82, 2.24) is 19.9 Å². The van der Waals surface area contributed by atoms with E-state index in [9.17, 15) is 0 Å². The van der Waals surface area contributed by atoms with Gasteiger partial charge in [0, 0.05) is 49.4 Å². The number of furan rings is 1. The van der Waals surface area contributed by atoms with Crippen LogP contribution in [0, 0.1) is 0 Å². The van der Waals surface area contributed by atoms with Crippen LogP contribution in [0.15, 0.2) is 150 Å². The molecule has 0 spiro atoms. The van der Waals surface area contributed by atoms with Crippen LogP contribution in [0.4, 0.5) is 0 Å². The maximum Gasteiger partial charge on any atom is 0.161 e. The van der Waals surface area contributed by atoms with Gasteiger partial charge >= 0.3 is 0 Å². The van der Waals surface area contributed by atoms with E-state index in [1.165, 1.54) is 5.56 Å². The van der Waals surface area contributed by atoms with Gasteiger partial charge in [-0.05, 0) is 29.3 Å². The van der Waals surface area contributed by atoms with Crippen molar-refractivity contribution in [3.05, 3.63) is 157 Å². The van der Waals surface area contributed by atoms with Gasteiger partial charge in [0.25, 0.3) is 0 Å². The fraction of sp³-hybridized carbons (Fsp3) is 0.0667. The van der Waals surface area contributed by atoms with Crippen molar-refractivity contribution in [2.75, 3.05) is 0 Å². The maximum atomic E-state index is 6.83. The van der Waals surface area contributed by atoms with E-state index in [2.05, 4.69) is 98.8 Å². The number of hydrogen-bond acceptors (Lipinski definition) is 5. The van der Waals surface area contributed by atoms with Crippen LogP contribution >= 0.6 is 0 Å². The van der Waals surface area contributed by atoms with Crippen molar-refractivity contribution < 1.29 is 4.42 Å². The van der Waals surface area contributed by atoms with Gasteiger partial charge in [0.2, 0.25) is 0 Å². The zero-order valence-electron chi connectivity index (χ0n) is 27.6. The molecule has 0 bridgehead atoms. The highest BCUT2D eigenvalue weighted by Crippen LogP contribution is 2.52. The number of hydrogen-bond donors (Lipinski definition) is 0. The van der Waals surface area contributed by atoms with Crippen LogP contribution in [0.2, 0.25) is 0 Å². The second-order valence-corrected chi connectivity index (χ2v) is 13.4. The third kappa shape index (κ3) is 4.20. The summed E-state index contributed by atoms with van der Waals surface area (Å²) in [6.07, 6.45) is 0. The second-order valence-electron chi connectivity index (χ2n) is 13.4. The van der Waals surface area contributed by atoms with E-state index in [-0.39, 0.29) is 5.41 Å². The van der Waals surface area contributed by atoms with Crippen LogP contribution in [0.1, 0.15) is 25.1 Å². The predicted molar refractivity (Wildman–Crippen MR) is 202 cm³/mol. The lowest BCUT2D eigenvalue weighted by Gasteiger charge is -2.21. The van der Waals surface area contributed by atoms with E-state index in [1.54, 1.807) is 0 Å². The van der Waals surface area contributed by atoms with E-state index in [1.807, 2.05) is 60.7 Å². The molecule has 5 heteroatoms. The summed E-state index contributed by atoms with van der Waals surface area (Å²) in [5.74, 6) is 1.36. The van der Waals surface area contributed by atoms with Gasteiger partial charge in [-0.3, -0.25) is 0 Å². The van der Waals surface area contributed by atoms with Gasteiger partial charge in [0.05, 0.1) is 22.6 Å². The molecule has 236 valence electrons. The van der Waals surface area contributed by atoms with Gasteiger partial charge in [-0.25, -0.2) is 19.9 Å². The molecule has 0 fully saturated rings. The van der Waals surface area contributed by atoms with E-state index in [4.69, 9.17) is 24.4 Å². The Morgan fingerprint density at radius 1 is 0.480 bits per heavy atom. The Morgan fingerprint density at radius 2 is 1.12 bits per heavy atom. The van der Waals surface area contributed by atoms with Crippen LogP contribution in [-0.2, 0) is 5.41 Å². The molecule has 10 rings (SSSR count). The summed E-state index contributed by atoms with van der Waals surface area (Å²) in [5, 5.41) is 2.99. The minimum Gasteiger partial charge on any atom is -0.455 e. The number of benzene rings is 6. The van der Waals surface area contributed by atoms with Gasteiger partial charge in [-0.1, -0.05) is 141 Å². The normalized spacial score (nSPS) is 13.2. The summed E-state index contributed by atoms with van der Waals surface area (Å²) >= 11 is 0. The zero-order valence-corrected chi connectivity index (χ0v) is 27.6. The summed E-state index contributed by atoms with van der Waals surface area (Å²) in [7, 11) is 0. The van der Waals surface area contributed by atoms with Gasteiger partial charge in [0.1, 0.15) is 11.2 Å². The molecule has 0 amide bonds. The Bertz CT molecular complexity index is 2780. The second kappa shape index (κ2) is 10.8. The lowest BCUT2D eigenvalue weighted by molar-refractivity contribution is 0.636. The van der Waals surface area contributed by atoms with E-state index in [0.717, 1.165) is 83.3 Å². The van der Waals surface area contributed by atoms with Crippen molar-refractivity contribution >= 4 is 32.8 Å². The summed E-state index contributed by atoms with van der Waals surface area (Å²) < 4.78 is 6.83.